The number of aryl methyl sites for hydroxylation is 2. The van der Waals surface area contributed by atoms with Crippen molar-refractivity contribution in [3.05, 3.63) is 46.6 Å². The van der Waals surface area contributed by atoms with Gasteiger partial charge in [-0.1, -0.05) is 11.2 Å². The monoisotopic (exact) mass is 545 g/mol. The third-order valence-corrected chi connectivity index (χ3v) is 5.43. The Morgan fingerprint density at radius 2 is 2.00 bits per heavy atom. The van der Waals surface area contributed by atoms with Crippen LogP contribution in [-0.4, -0.2) is 67.3 Å². The first kappa shape index (κ1) is 25.4. The highest BCUT2D eigenvalue weighted by molar-refractivity contribution is 14.0. The predicted molar refractivity (Wildman–Crippen MR) is 131 cm³/mol. The molecule has 3 rings (SSSR count). The summed E-state index contributed by atoms with van der Waals surface area (Å²) in [7, 11) is 1.48. The van der Waals surface area contributed by atoms with Crippen LogP contribution in [0.25, 0.3) is 0 Å². The number of ether oxygens (including phenoxy) is 1. The van der Waals surface area contributed by atoms with Crippen LogP contribution in [0, 0.1) is 19.7 Å². The topological polar surface area (TPSA) is 66.1 Å². The first-order valence-corrected chi connectivity index (χ1v) is 10.5. The lowest BCUT2D eigenvalue weighted by Crippen LogP contribution is -2.52. The molecule has 1 aromatic heterocycles. The molecule has 1 aromatic carbocycles. The van der Waals surface area contributed by atoms with E-state index < -0.39 is 0 Å². The molecule has 1 aliphatic rings. The fourth-order valence-corrected chi connectivity index (χ4v) is 3.74. The van der Waals surface area contributed by atoms with E-state index in [0.29, 0.717) is 6.54 Å². The Kier molecular flexibility index (Phi) is 10.0. The first-order valence-electron chi connectivity index (χ1n) is 10.5. The zero-order valence-electron chi connectivity index (χ0n) is 18.8. The van der Waals surface area contributed by atoms with Crippen molar-refractivity contribution in [2.45, 2.75) is 33.7 Å². The average molecular weight is 545 g/mol. The van der Waals surface area contributed by atoms with Crippen molar-refractivity contribution < 1.29 is 13.7 Å². The quantitative estimate of drug-likeness (QED) is 0.327. The number of nitrogens with zero attached hydrogens (tertiary/aromatic N) is 4. The molecular weight excluding hydrogens is 512 g/mol. The lowest BCUT2D eigenvalue weighted by Gasteiger charge is -2.36. The Bertz CT molecular complexity index is 846. The zero-order chi connectivity index (χ0) is 21.5. The second-order valence-corrected chi connectivity index (χ2v) is 7.52. The van der Waals surface area contributed by atoms with Gasteiger partial charge < -0.3 is 19.5 Å². The lowest BCUT2D eigenvalue weighted by molar-refractivity contribution is 0.172. The molecule has 2 heterocycles. The number of guanidine groups is 1. The van der Waals surface area contributed by atoms with Crippen LogP contribution < -0.4 is 10.1 Å². The standard InChI is InChI=1S/C22H32FN5O2.HI/c1-5-24-22(25-9-8-19-16(2)26-30-17(19)3)28-12-10-27(11-13-28)15-18-6-7-21(29-4)20(23)14-18;/h6-7,14H,5,8-13,15H2,1-4H3,(H,24,25);1H. The van der Waals surface area contributed by atoms with Gasteiger partial charge in [0.05, 0.1) is 12.8 Å². The van der Waals surface area contributed by atoms with Crippen molar-refractivity contribution >= 4 is 29.9 Å². The van der Waals surface area contributed by atoms with Crippen LogP contribution in [0.1, 0.15) is 29.5 Å². The van der Waals surface area contributed by atoms with Crippen molar-refractivity contribution in [2.24, 2.45) is 4.99 Å². The minimum absolute atomic E-state index is 0. The molecule has 9 heteroatoms. The van der Waals surface area contributed by atoms with Gasteiger partial charge in [-0.2, -0.15) is 0 Å². The molecule has 1 saturated heterocycles. The second-order valence-electron chi connectivity index (χ2n) is 7.52. The van der Waals surface area contributed by atoms with Gasteiger partial charge in [0.25, 0.3) is 0 Å². The second kappa shape index (κ2) is 12.2. The van der Waals surface area contributed by atoms with E-state index in [0.717, 1.165) is 74.2 Å². The summed E-state index contributed by atoms with van der Waals surface area (Å²) in [6.45, 7) is 11.8. The van der Waals surface area contributed by atoms with Crippen LogP contribution in [0.5, 0.6) is 5.75 Å². The summed E-state index contributed by atoms with van der Waals surface area (Å²) in [5, 5.41) is 7.41. The van der Waals surface area contributed by atoms with Crippen LogP contribution in [-0.2, 0) is 13.0 Å². The maximum Gasteiger partial charge on any atom is 0.194 e. The SMILES string of the molecule is CCNC(=NCCc1c(C)noc1C)N1CCN(Cc2ccc(OC)c(F)c2)CC1.I. The van der Waals surface area contributed by atoms with Gasteiger partial charge in [-0.05, 0) is 44.9 Å². The Morgan fingerprint density at radius 3 is 2.58 bits per heavy atom. The Hall–Kier alpha value is -1.88. The number of piperazine rings is 1. The molecule has 172 valence electrons. The van der Waals surface area contributed by atoms with Crippen molar-refractivity contribution in [1.82, 2.24) is 20.3 Å². The van der Waals surface area contributed by atoms with Crippen molar-refractivity contribution in [2.75, 3.05) is 46.4 Å². The van der Waals surface area contributed by atoms with Crippen LogP contribution >= 0.6 is 24.0 Å². The molecule has 0 radical (unpaired) electrons. The average Bonchev–Trinajstić information content (AvgIpc) is 3.06. The van der Waals surface area contributed by atoms with Crippen LogP contribution in [0.3, 0.4) is 0 Å². The first-order chi connectivity index (χ1) is 14.5. The predicted octanol–water partition coefficient (Wildman–Crippen LogP) is 3.38. The van der Waals surface area contributed by atoms with Gasteiger partial charge in [-0.3, -0.25) is 9.89 Å². The van der Waals surface area contributed by atoms with E-state index in [-0.39, 0.29) is 35.5 Å². The zero-order valence-corrected chi connectivity index (χ0v) is 21.1. The van der Waals surface area contributed by atoms with Gasteiger partial charge in [0.2, 0.25) is 0 Å². The van der Waals surface area contributed by atoms with Gasteiger partial charge >= 0.3 is 0 Å². The smallest absolute Gasteiger partial charge is 0.194 e. The summed E-state index contributed by atoms with van der Waals surface area (Å²) in [4.78, 5) is 9.45. The molecule has 0 amide bonds. The summed E-state index contributed by atoms with van der Waals surface area (Å²) < 4.78 is 24.2. The van der Waals surface area contributed by atoms with E-state index in [2.05, 4.69) is 27.2 Å². The Balaban J connectivity index is 0.00000341. The molecule has 0 atom stereocenters. The summed E-state index contributed by atoms with van der Waals surface area (Å²) in [5.41, 5.74) is 3.05. The normalized spacial score (nSPS) is 15.0. The Labute approximate surface area is 201 Å². The van der Waals surface area contributed by atoms with Gasteiger partial charge in [0.1, 0.15) is 5.76 Å². The summed E-state index contributed by atoms with van der Waals surface area (Å²) >= 11 is 0. The van der Waals surface area contributed by atoms with Crippen molar-refractivity contribution in [3.63, 3.8) is 0 Å². The molecule has 0 saturated carbocycles. The number of methoxy groups -OCH3 is 1. The van der Waals surface area contributed by atoms with E-state index in [4.69, 9.17) is 14.3 Å². The highest BCUT2D eigenvalue weighted by atomic mass is 127. The number of benzene rings is 1. The number of hydrogen-bond donors (Lipinski definition) is 1. The molecule has 31 heavy (non-hydrogen) atoms. The number of rotatable bonds is 7. The lowest BCUT2D eigenvalue weighted by atomic mass is 10.1. The van der Waals surface area contributed by atoms with Crippen LogP contribution in [0.15, 0.2) is 27.7 Å². The summed E-state index contributed by atoms with van der Waals surface area (Å²) in [6, 6.07) is 5.18. The third kappa shape index (κ3) is 6.80. The highest BCUT2D eigenvalue weighted by Crippen LogP contribution is 2.19. The van der Waals surface area contributed by atoms with E-state index in [1.54, 1.807) is 12.1 Å². The maximum atomic E-state index is 13.9. The number of aliphatic imine (C=N–C) groups is 1. The minimum atomic E-state index is -0.312. The molecule has 0 spiro atoms. The number of halogens is 2. The number of nitrogens with one attached hydrogen (secondary N) is 1. The number of aromatic nitrogens is 1. The summed E-state index contributed by atoms with van der Waals surface area (Å²) in [6.07, 6.45) is 0.819. The van der Waals surface area contributed by atoms with E-state index in [9.17, 15) is 4.39 Å². The fourth-order valence-electron chi connectivity index (χ4n) is 3.74. The van der Waals surface area contributed by atoms with Crippen LogP contribution in [0.4, 0.5) is 4.39 Å². The number of hydrogen-bond acceptors (Lipinski definition) is 5. The van der Waals surface area contributed by atoms with Gasteiger partial charge in [0, 0.05) is 51.4 Å². The molecule has 1 N–H and O–H groups in total. The third-order valence-electron chi connectivity index (χ3n) is 5.43. The highest BCUT2D eigenvalue weighted by Gasteiger charge is 2.20. The van der Waals surface area contributed by atoms with Gasteiger partial charge in [-0.15, -0.1) is 24.0 Å². The van der Waals surface area contributed by atoms with Gasteiger partial charge in [0.15, 0.2) is 17.5 Å². The molecule has 2 aromatic rings. The minimum Gasteiger partial charge on any atom is -0.494 e. The molecule has 0 aliphatic carbocycles. The molecule has 1 fully saturated rings. The van der Waals surface area contributed by atoms with E-state index >= 15 is 0 Å². The molecule has 0 bridgehead atoms. The summed E-state index contributed by atoms with van der Waals surface area (Å²) in [5.74, 6) is 1.79. The molecule has 1 aliphatic heterocycles. The molecule has 0 unspecified atom stereocenters. The maximum absolute atomic E-state index is 13.9. The van der Waals surface area contributed by atoms with Crippen LogP contribution in [0.2, 0.25) is 0 Å². The molecular formula is C22H33FIN5O2. The van der Waals surface area contributed by atoms with Crippen molar-refractivity contribution in [3.8, 4) is 5.75 Å². The van der Waals surface area contributed by atoms with E-state index in [1.165, 1.54) is 7.11 Å². The Morgan fingerprint density at radius 1 is 1.26 bits per heavy atom. The van der Waals surface area contributed by atoms with E-state index in [1.807, 2.05) is 19.9 Å². The fraction of sp³-hybridized carbons (Fsp3) is 0.545. The van der Waals surface area contributed by atoms with Gasteiger partial charge in [-0.25, -0.2) is 4.39 Å². The van der Waals surface area contributed by atoms with Crippen molar-refractivity contribution in [1.29, 1.82) is 0 Å². The molecule has 7 nitrogen and oxygen atoms in total. The largest absolute Gasteiger partial charge is 0.494 e.